The van der Waals surface area contributed by atoms with Crippen molar-refractivity contribution in [2.75, 3.05) is 19.5 Å². The molecule has 0 radical (unpaired) electrons. The second kappa shape index (κ2) is 10.8. The molecule has 0 saturated carbocycles. The summed E-state index contributed by atoms with van der Waals surface area (Å²) < 4.78 is 10.2. The Labute approximate surface area is 233 Å². The zero-order valence-electron chi connectivity index (χ0n) is 23.0. The van der Waals surface area contributed by atoms with Crippen LogP contribution in [0.5, 0.6) is 0 Å². The second-order valence-corrected chi connectivity index (χ2v) is 11.4. The minimum atomic E-state index is -0.410. The molecule has 39 heavy (non-hydrogen) atoms. The molecule has 202 valence electrons. The van der Waals surface area contributed by atoms with Gasteiger partial charge in [0.05, 0.1) is 40.1 Å². The molecule has 5 aromatic rings. The molecule has 1 aliphatic rings. The van der Waals surface area contributed by atoms with E-state index in [1.54, 1.807) is 11.8 Å². The van der Waals surface area contributed by atoms with Crippen LogP contribution in [0.3, 0.4) is 0 Å². The molecule has 7 nitrogen and oxygen atoms in total. The van der Waals surface area contributed by atoms with Gasteiger partial charge in [-0.05, 0) is 62.5 Å². The van der Waals surface area contributed by atoms with Crippen LogP contribution in [0.15, 0.2) is 59.6 Å². The lowest BCUT2D eigenvalue weighted by Crippen LogP contribution is -2.27. The quantitative estimate of drug-likeness (QED) is 0.256. The minimum absolute atomic E-state index is 0.116. The third-order valence-corrected chi connectivity index (χ3v) is 8.76. The maximum atomic E-state index is 10.2. The van der Waals surface area contributed by atoms with Crippen LogP contribution in [-0.4, -0.2) is 55.2 Å². The van der Waals surface area contributed by atoms with Crippen LogP contribution in [0, 0.1) is 12.8 Å². The van der Waals surface area contributed by atoms with Crippen molar-refractivity contribution in [1.82, 2.24) is 24.5 Å². The average molecular weight is 542 g/mol. The summed E-state index contributed by atoms with van der Waals surface area (Å²) in [5, 5.41) is 20.0. The molecular weight excluding hydrogens is 506 g/mol. The number of aromatic nitrogens is 5. The van der Waals surface area contributed by atoms with Crippen LogP contribution in [0.25, 0.3) is 33.2 Å². The molecule has 6 rings (SSSR count). The topological polar surface area (TPSA) is 78.0 Å². The van der Waals surface area contributed by atoms with Crippen molar-refractivity contribution < 1.29 is 9.84 Å². The van der Waals surface area contributed by atoms with E-state index in [4.69, 9.17) is 9.72 Å². The zero-order chi connectivity index (χ0) is 27.1. The molecule has 1 saturated heterocycles. The number of thioether (sulfide) groups is 1. The Morgan fingerprint density at radius 3 is 2.56 bits per heavy atom. The van der Waals surface area contributed by atoms with Crippen molar-refractivity contribution in [3.63, 3.8) is 0 Å². The lowest BCUT2D eigenvalue weighted by molar-refractivity contribution is 0.0552. The molecule has 0 spiro atoms. The number of fused-ring (bicyclic) bond motifs is 3. The molecule has 0 bridgehead atoms. The molecule has 3 aromatic heterocycles. The number of rotatable bonds is 7. The first kappa shape index (κ1) is 26.0. The molecule has 2 unspecified atom stereocenters. The molecule has 1 fully saturated rings. The first-order chi connectivity index (χ1) is 19.0. The highest BCUT2D eigenvalue weighted by Gasteiger charge is 2.32. The van der Waals surface area contributed by atoms with E-state index < -0.39 is 6.10 Å². The summed E-state index contributed by atoms with van der Waals surface area (Å²) in [6.45, 7) is 5.40. The number of aryl methyl sites for hydroxylation is 2. The molecule has 2 atom stereocenters. The van der Waals surface area contributed by atoms with Crippen molar-refractivity contribution in [2.45, 2.75) is 50.2 Å². The summed E-state index contributed by atoms with van der Waals surface area (Å²) in [5.74, 6) is 0.416. The molecule has 4 heterocycles. The SMILES string of the molecule is CSc1c(-c2c(C)nnn2C)cnc2c3ccc(CC(C)O)cc3n(C(c3ccccc3)C3CCOCC3)c12. The van der Waals surface area contributed by atoms with Gasteiger partial charge in [0.25, 0.3) is 0 Å². The van der Waals surface area contributed by atoms with Crippen molar-refractivity contribution in [2.24, 2.45) is 13.0 Å². The summed E-state index contributed by atoms with van der Waals surface area (Å²) in [5.41, 5.74) is 8.64. The van der Waals surface area contributed by atoms with E-state index in [0.29, 0.717) is 12.3 Å². The molecule has 1 N–H and O–H groups in total. The third-order valence-electron chi connectivity index (χ3n) is 7.94. The molecular formula is C31H35N5O2S. The second-order valence-electron chi connectivity index (χ2n) is 10.6. The number of aliphatic hydroxyl groups excluding tert-OH is 1. The van der Waals surface area contributed by atoms with Crippen LogP contribution < -0.4 is 0 Å². The average Bonchev–Trinajstić information content (AvgIpc) is 3.45. The number of pyridine rings is 1. The van der Waals surface area contributed by atoms with E-state index in [2.05, 4.69) is 69.7 Å². The van der Waals surface area contributed by atoms with Gasteiger partial charge in [0, 0.05) is 42.3 Å². The van der Waals surface area contributed by atoms with E-state index in [9.17, 15) is 5.11 Å². The van der Waals surface area contributed by atoms with Gasteiger partial charge in [0.2, 0.25) is 0 Å². The summed E-state index contributed by atoms with van der Waals surface area (Å²) in [4.78, 5) is 6.29. The van der Waals surface area contributed by atoms with E-state index in [0.717, 1.165) is 70.5 Å². The monoisotopic (exact) mass is 541 g/mol. The summed E-state index contributed by atoms with van der Waals surface area (Å²) in [6.07, 6.45) is 6.33. The van der Waals surface area contributed by atoms with Gasteiger partial charge in [0.1, 0.15) is 0 Å². The van der Waals surface area contributed by atoms with E-state index >= 15 is 0 Å². The van der Waals surface area contributed by atoms with Gasteiger partial charge in [-0.1, -0.05) is 47.7 Å². The van der Waals surface area contributed by atoms with Crippen LogP contribution in [0.1, 0.15) is 42.6 Å². The first-order valence-electron chi connectivity index (χ1n) is 13.6. The smallest absolute Gasteiger partial charge is 0.0972 e. The molecule has 1 aliphatic heterocycles. The number of aliphatic hydroxyl groups is 1. The van der Waals surface area contributed by atoms with Crippen molar-refractivity contribution in [1.29, 1.82) is 0 Å². The van der Waals surface area contributed by atoms with Crippen molar-refractivity contribution in [3.05, 3.63) is 71.5 Å². The van der Waals surface area contributed by atoms with Gasteiger partial charge >= 0.3 is 0 Å². The highest BCUT2D eigenvalue weighted by atomic mass is 32.2. The number of hydrogen-bond acceptors (Lipinski definition) is 6. The van der Waals surface area contributed by atoms with Gasteiger partial charge in [-0.25, -0.2) is 4.68 Å². The number of hydrogen-bond donors (Lipinski definition) is 1. The molecule has 0 amide bonds. The third kappa shape index (κ3) is 4.64. The van der Waals surface area contributed by atoms with E-state index in [1.165, 1.54) is 10.5 Å². The number of benzene rings is 2. The standard InChI is InChI=1S/C31H35N5O2S/c1-19(37)16-21-10-11-24-26(17-21)36(29(22-8-6-5-7-9-22)23-12-14-38-15-13-23)30-27(24)32-18-25(31(30)39-4)28-20(2)33-34-35(28)3/h5-11,17-19,23,29,37H,12-16H2,1-4H3. The maximum Gasteiger partial charge on any atom is 0.0972 e. The fourth-order valence-corrected chi connectivity index (χ4v) is 7.04. The molecule has 8 heteroatoms. The summed E-state index contributed by atoms with van der Waals surface area (Å²) >= 11 is 1.75. The fourth-order valence-electron chi connectivity index (χ4n) is 6.28. The van der Waals surface area contributed by atoms with Gasteiger partial charge in [-0.15, -0.1) is 16.9 Å². The van der Waals surface area contributed by atoms with E-state index in [1.807, 2.05) is 31.8 Å². The highest BCUT2D eigenvalue weighted by Crippen LogP contribution is 2.45. The minimum Gasteiger partial charge on any atom is -0.393 e. The summed E-state index contributed by atoms with van der Waals surface area (Å²) in [7, 11) is 1.94. The van der Waals surface area contributed by atoms with E-state index in [-0.39, 0.29) is 6.04 Å². The number of ether oxygens (including phenoxy) is 1. The van der Waals surface area contributed by atoms with Crippen LogP contribution >= 0.6 is 11.8 Å². The zero-order valence-corrected chi connectivity index (χ0v) is 23.8. The molecule has 0 aliphatic carbocycles. The van der Waals surface area contributed by atoms with Crippen molar-refractivity contribution in [3.8, 4) is 11.3 Å². The van der Waals surface area contributed by atoms with Gasteiger partial charge in [-0.2, -0.15) is 0 Å². The highest BCUT2D eigenvalue weighted by molar-refractivity contribution is 7.99. The largest absolute Gasteiger partial charge is 0.393 e. The lowest BCUT2D eigenvalue weighted by Gasteiger charge is -2.33. The van der Waals surface area contributed by atoms with Crippen molar-refractivity contribution >= 4 is 33.7 Å². The number of nitrogens with zero attached hydrogens (tertiary/aromatic N) is 5. The van der Waals surface area contributed by atoms with Crippen LogP contribution in [0.2, 0.25) is 0 Å². The molecule has 2 aromatic carbocycles. The Hall–Kier alpha value is -3.20. The van der Waals surface area contributed by atoms with Gasteiger partial charge in [0.15, 0.2) is 0 Å². The van der Waals surface area contributed by atoms with Gasteiger partial charge in [-0.3, -0.25) is 4.98 Å². The normalized spacial score (nSPS) is 16.2. The Kier molecular flexibility index (Phi) is 7.18. The Morgan fingerprint density at radius 1 is 1.13 bits per heavy atom. The van der Waals surface area contributed by atoms with Crippen LogP contribution in [-0.2, 0) is 18.2 Å². The summed E-state index contributed by atoms with van der Waals surface area (Å²) in [6, 6.07) is 17.6. The predicted octanol–water partition coefficient (Wildman–Crippen LogP) is 5.95. The maximum absolute atomic E-state index is 10.2. The first-order valence-corrected chi connectivity index (χ1v) is 14.9. The fraction of sp³-hybridized carbons (Fsp3) is 0.387. The Morgan fingerprint density at radius 2 is 1.90 bits per heavy atom. The van der Waals surface area contributed by atoms with Gasteiger partial charge < -0.3 is 14.4 Å². The predicted molar refractivity (Wildman–Crippen MR) is 157 cm³/mol. The lowest BCUT2D eigenvalue weighted by atomic mass is 9.86. The van der Waals surface area contributed by atoms with Crippen LogP contribution in [0.4, 0.5) is 0 Å². The Balaban J connectivity index is 1.73. The Bertz CT molecular complexity index is 1600.